The molecule has 0 amide bonds. The Labute approximate surface area is 181 Å². The molecule has 10 nitrogen and oxygen atoms in total. The summed E-state index contributed by atoms with van der Waals surface area (Å²) < 4.78 is 40.7. The highest BCUT2D eigenvalue weighted by molar-refractivity contribution is 7.91. The lowest BCUT2D eigenvalue weighted by Gasteiger charge is -2.15. The van der Waals surface area contributed by atoms with Gasteiger partial charge in [0.2, 0.25) is 5.89 Å². The molecule has 158 valence electrons. The van der Waals surface area contributed by atoms with Crippen LogP contribution in [-0.2, 0) is 22.7 Å². The van der Waals surface area contributed by atoms with Gasteiger partial charge in [-0.3, -0.25) is 4.57 Å². The van der Waals surface area contributed by atoms with Crippen LogP contribution in [0.1, 0.15) is 17.5 Å². The predicted octanol–water partition coefficient (Wildman–Crippen LogP) is 1.26. The van der Waals surface area contributed by atoms with Gasteiger partial charge in [-0.25, -0.2) is 9.78 Å². The molecule has 0 saturated carbocycles. The second-order valence-corrected chi connectivity index (χ2v) is 8.27. The Kier molecular flexibility index (Phi) is 5.48. The van der Waals surface area contributed by atoms with Gasteiger partial charge in [0, 0.05) is 18.7 Å². The molecule has 31 heavy (non-hydrogen) atoms. The van der Waals surface area contributed by atoms with E-state index >= 15 is 0 Å². The zero-order valence-corrected chi connectivity index (χ0v) is 17.6. The highest BCUT2D eigenvalue weighted by atomic mass is 32.2. The SMILES string of the molecule is N/C=N\C([SH2+])=N/S(=O)(=O)c1ccc2c(c1)oc(=O)n2C(c1ccccc1)c1ncco1. The number of sulfonamides is 1. The molecule has 0 bridgehead atoms. The third-order valence-corrected chi connectivity index (χ3v) is 6.01. The Balaban J connectivity index is 1.88. The second kappa shape index (κ2) is 8.24. The van der Waals surface area contributed by atoms with Gasteiger partial charge < -0.3 is 14.6 Å². The second-order valence-electron chi connectivity index (χ2n) is 6.22. The number of hydrogen-bond acceptors (Lipinski definition) is 6. The van der Waals surface area contributed by atoms with Crippen LogP contribution in [0.15, 0.2) is 88.9 Å². The maximum absolute atomic E-state index is 12.8. The van der Waals surface area contributed by atoms with Gasteiger partial charge >= 0.3 is 10.9 Å². The summed E-state index contributed by atoms with van der Waals surface area (Å²) in [6, 6.07) is 12.4. The average molecular weight is 459 g/mol. The first-order valence-corrected chi connectivity index (χ1v) is 10.7. The molecular formula is C19H16N5O5S2+. The summed E-state index contributed by atoms with van der Waals surface area (Å²) in [5.74, 6) is -0.422. The van der Waals surface area contributed by atoms with Crippen molar-refractivity contribution in [3.63, 3.8) is 0 Å². The van der Waals surface area contributed by atoms with Crippen LogP contribution in [0.25, 0.3) is 11.1 Å². The van der Waals surface area contributed by atoms with E-state index in [4.69, 9.17) is 14.6 Å². The van der Waals surface area contributed by atoms with E-state index in [1.165, 1.54) is 35.2 Å². The predicted molar refractivity (Wildman–Crippen MR) is 118 cm³/mol. The highest BCUT2D eigenvalue weighted by Crippen LogP contribution is 2.29. The number of oxazole rings is 2. The normalized spacial score (nSPS) is 13.8. The highest BCUT2D eigenvalue weighted by Gasteiger charge is 2.27. The maximum atomic E-state index is 12.8. The monoisotopic (exact) mass is 458 g/mol. The summed E-state index contributed by atoms with van der Waals surface area (Å²) in [6.07, 6.45) is 3.78. The van der Waals surface area contributed by atoms with Gasteiger partial charge in [-0.2, -0.15) is 13.4 Å². The van der Waals surface area contributed by atoms with Crippen molar-refractivity contribution >= 4 is 45.3 Å². The van der Waals surface area contributed by atoms with Crippen LogP contribution in [0.4, 0.5) is 0 Å². The van der Waals surface area contributed by atoms with E-state index in [1.54, 1.807) is 0 Å². The van der Waals surface area contributed by atoms with E-state index in [-0.39, 0.29) is 21.5 Å². The first-order chi connectivity index (χ1) is 14.9. The van der Waals surface area contributed by atoms with E-state index < -0.39 is 21.8 Å². The molecule has 1 atom stereocenters. The minimum absolute atomic E-state index is 0.0617. The Morgan fingerprint density at radius 2 is 2.00 bits per heavy atom. The molecule has 4 rings (SSSR count). The van der Waals surface area contributed by atoms with Gasteiger partial charge in [-0.05, 0) is 17.7 Å². The number of benzene rings is 2. The van der Waals surface area contributed by atoms with Crippen molar-refractivity contribution in [2.75, 3.05) is 0 Å². The molecule has 0 aliphatic rings. The number of rotatable bonds is 5. The molecule has 0 aliphatic heterocycles. The molecule has 1 unspecified atom stereocenters. The average Bonchev–Trinajstić information content (AvgIpc) is 3.37. The quantitative estimate of drug-likeness (QED) is 0.269. The van der Waals surface area contributed by atoms with Gasteiger partial charge in [0.05, 0.1) is 22.9 Å². The summed E-state index contributed by atoms with van der Waals surface area (Å²) in [4.78, 5) is 20.3. The molecule has 2 heterocycles. The summed E-state index contributed by atoms with van der Waals surface area (Å²) in [5.41, 5.74) is 6.29. The standard InChI is InChI=1S/C19H15N5O5S2/c20-11-22-18(30)23-31(26,27)13-6-7-14-15(10-13)29-19(25)24(14)16(17-21-8-9-28-17)12-4-2-1-3-5-12/h1-11,16H,(H3,20,22,23,30)/p+1. The van der Waals surface area contributed by atoms with Crippen molar-refractivity contribution in [3.05, 3.63) is 83.0 Å². The lowest BCUT2D eigenvalue weighted by atomic mass is 10.1. The fourth-order valence-electron chi connectivity index (χ4n) is 3.09. The first-order valence-electron chi connectivity index (χ1n) is 8.81. The maximum Gasteiger partial charge on any atom is 0.420 e. The summed E-state index contributed by atoms with van der Waals surface area (Å²) >= 11 is 2.96. The van der Waals surface area contributed by atoms with Gasteiger partial charge in [0.25, 0.3) is 10.0 Å². The smallest absolute Gasteiger partial charge is 0.420 e. The van der Waals surface area contributed by atoms with Crippen LogP contribution in [0.2, 0.25) is 0 Å². The van der Waals surface area contributed by atoms with Crippen LogP contribution in [0.5, 0.6) is 0 Å². The summed E-state index contributed by atoms with van der Waals surface area (Å²) in [7, 11) is -4.12. The molecule has 0 aliphatic carbocycles. The van der Waals surface area contributed by atoms with Crippen LogP contribution < -0.4 is 11.5 Å². The number of fused-ring (bicyclic) bond motifs is 1. The van der Waals surface area contributed by atoms with Crippen molar-refractivity contribution < 1.29 is 17.3 Å². The molecular weight excluding hydrogens is 442 g/mol. The molecule has 0 saturated heterocycles. The molecule has 2 aromatic carbocycles. The van der Waals surface area contributed by atoms with Crippen LogP contribution >= 0.6 is 0 Å². The number of amidine groups is 1. The first kappa shape index (κ1) is 20.6. The van der Waals surface area contributed by atoms with Crippen molar-refractivity contribution in [2.24, 2.45) is 15.1 Å². The number of hydrogen-bond donors (Lipinski definition) is 1. The Bertz CT molecular complexity index is 1440. The van der Waals surface area contributed by atoms with Crippen LogP contribution in [-0.4, -0.2) is 29.5 Å². The molecule has 12 heteroatoms. The van der Waals surface area contributed by atoms with Crippen molar-refractivity contribution in [3.8, 4) is 0 Å². The Morgan fingerprint density at radius 1 is 1.23 bits per heavy atom. The molecule has 4 aromatic rings. The lowest BCUT2D eigenvalue weighted by molar-refractivity contribution is 0.422. The summed E-state index contributed by atoms with van der Waals surface area (Å²) in [5, 5.41) is -0.227. The summed E-state index contributed by atoms with van der Waals surface area (Å²) in [6.45, 7) is 0. The topological polar surface area (TPSA) is 146 Å². The molecule has 0 fully saturated rings. The minimum atomic E-state index is -4.12. The van der Waals surface area contributed by atoms with Gasteiger partial charge in [-0.1, -0.05) is 34.7 Å². The van der Waals surface area contributed by atoms with E-state index in [1.807, 2.05) is 30.3 Å². The molecule has 0 spiro atoms. The largest absolute Gasteiger partial charge is 0.446 e. The van der Waals surface area contributed by atoms with E-state index in [2.05, 4.69) is 27.0 Å². The third-order valence-electron chi connectivity index (χ3n) is 4.34. The van der Waals surface area contributed by atoms with E-state index in [0.717, 1.165) is 11.9 Å². The van der Waals surface area contributed by atoms with Gasteiger partial charge in [0.15, 0.2) is 5.58 Å². The molecule has 2 aromatic heterocycles. The van der Waals surface area contributed by atoms with Crippen LogP contribution in [0, 0.1) is 0 Å². The van der Waals surface area contributed by atoms with Crippen molar-refractivity contribution in [1.82, 2.24) is 9.55 Å². The van der Waals surface area contributed by atoms with Crippen LogP contribution in [0.3, 0.4) is 0 Å². The number of aliphatic imine (C=N–C) groups is 1. The zero-order valence-electron chi connectivity index (χ0n) is 15.7. The number of nitrogens with two attached hydrogens (primary N) is 1. The van der Waals surface area contributed by atoms with Crippen molar-refractivity contribution in [2.45, 2.75) is 10.9 Å². The zero-order chi connectivity index (χ0) is 22.0. The number of nitrogens with zero attached hydrogens (tertiary/aromatic N) is 4. The molecule has 2 N–H and O–H groups in total. The number of aromatic nitrogens is 2. The molecule has 0 radical (unpaired) electrons. The fraction of sp³-hybridized carbons (Fsp3) is 0.0526. The Morgan fingerprint density at radius 3 is 2.68 bits per heavy atom. The fourth-order valence-corrected chi connectivity index (χ4v) is 4.40. The Hall–Kier alpha value is -3.64. The van der Waals surface area contributed by atoms with Crippen molar-refractivity contribution in [1.29, 1.82) is 0 Å². The van der Waals surface area contributed by atoms with Gasteiger partial charge in [0.1, 0.15) is 12.3 Å². The lowest BCUT2D eigenvalue weighted by Crippen LogP contribution is -2.22. The van der Waals surface area contributed by atoms with E-state index in [0.29, 0.717) is 5.52 Å². The van der Waals surface area contributed by atoms with E-state index in [9.17, 15) is 13.2 Å². The van der Waals surface area contributed by atoms with Gasteiger partial charge in [-0.15, -0.1) is 0 Å². The minimum Gasteiger partial charge on any atom is -0.446 e. The third kappa shape index (κ3) is 4.02.